The largest absolute Gasteiger partial charge is 0.481 e. The second kappa shape index (κ2) is 47.4. The van der Waals surface area contributed by atoms with Crippen LogP contribution in [0, 0.1) is 35.5 Å². The number of ether oxygens (including phenoxy) is 5. The molecular weight excluding hydrogens is 1340 g/mol. The number of likely N-dealkylation sites (N-methyl/N-ethyl adjacent to an activating group) is 1. The van der Waals surface area contributed by atoms with E-state index in [0.29, 0.717) is 70.8 Å². The van der Waals surface area contributed by atoms with E-state index in [4.69, 9.17) is 46.4 Å². The molecule has 1 aliphatic heterocycles. The average molecular weight is 1460 g/mol. The van der Waals surface area contributed by atoms with E-state index in [0.717, 1.165) is 30.7 Å². The SMILES string of the molecule is C#CCCCON(C(=O)[C@@H](NC(=O)[C@H]1CCCCN1C)[C@@H](C)CC)[C@H](C[C@@H](OC(C)=O)c1nc(C(=O)N[C@@H](Cc2ccc(NC(=O)[C@H](CCCNC(N)=O)NC(=O)[C@@H](NC(=O)[C@H](CCC(=O)O)NC(=O)CCOCCOCCOCCOCCN)C(C)C)cc2)CC(C)(C)C(=O)O)cs1)C(C)C. The van der Waals surface area contributed by atoms with Gasteiger partial charge < -0.3 is 82.6 Å². The Morgan fingerprint density at radius 3 is 1.98 bits per heavy atom. The molecule has 0 spiro atoms. The van der Waals surface area contributed by atoms with Crippen LogP contribution in [-0.2, 0) is 78.1 Å². The number of hydrogen-bond acceptors (Lipinski definition) is 21. The average Bonchev–Trinajstić information content (AvgIpc) is 1.32. The van der Waals surface area contributed by atoms with Gasteiger partial charge in [0.2, 0.25) is 29.5 Å². The summed E-state index contributed by atoms with van der Waals surface area (Å²) in [7, 11) is 1.89. The topological polar surface area (TPSA) is 439 Å². The van der Waals surface area contributed by atoms with Gasteiger partial charge >= 0.3 is 23.9 Å². The molecule has 3 rings (SSSR count). The lowest BCUT2D eigenvalue weighted by Gasteiger charge is -2.39. The fourth-order valence-electron chi connectivity index (χ4n) is 11.0. The van der Waals surface area contributed by atoms with Crippen molar-refractivity contribution in [2.75, 3.05) is 91.5 Å². The Bertz CT molecular complexity index is 3020. The molecule has 2 aromatic rings. The first-order valence-electron chi connectivity index (χ1n) is 35.1. The van der Waals surface area contributed by atoms with Crippen LogP contribution < -0.4 is 48.7 Å². The van der Waals surface area contributed by atoms with Gasteiger partial charge in [-0.1, -0.05) is 66.5 Å². The van der Waals surface area contributed by atoms with Crippen molar-refractivity contribution >= 4 is 82.3 Å². The molecule has 102 heavy (non-hydrogen) atoms. The molecule has 0 unspecified atom stereocenters. The standard InChI is InChI=1S/C70H112N12O19S/c1-12-14-17-31-100-82(67(92)60(46(7)13-2)80-64(90)54-20-15-16-30-81(54)11)55(44(3)4)41-56(101-47(8)83)66-78-53(43-102-66)63(89)75-50(42-70(9,10)68(93)94)40-48-21-23-49(24-22-48)74-61(87)51(19-18-29-73-69(72)95)77-65(91)59(45(5)6)79-62(88)52(25-26-58(85)86)76-57(84)27-32-96-34-36-98-38-39-99-37-35-97-33-28-71/h1,21-24,43-46,50-52,54-56,59-60H,13-20,25-42,71H2,2-11H3,(H,74,87)(H,75,89)(H,76,84)(H,77,91)(H,79,88)(H,80,90)(H,85,86)(H,93,94)(H3,72,73,95)/t46-,50-,51-,52-,54+,55+,56+,59-,60-/m0/s1. The number of carbonyl (C=O) groups is 11. The van der Waals surface area contributed by atoms with Crippen LogP contribution in [0.15, 0.2) is 29.6 Å². The summed E-state index contributed by atoms with van der Waals surface area (Å²) in [6.07, 6.45) is 7.39. The molecule has 0 aliphatic carbocycles. The van der Waals surface area contributed by atoms with E-state index < -0.39 is 126 Å². The quantitative estimate of drug-likeness (QED) is 0.0193. The first-order valence-corrected chi connectivity index (χ1v) is 35.9. The van der Waals surface area contributed by atoms with E-state index in [1.54, 1.807) is 38.1 Å². The van der Waals surface area contributed by atoms with Crippen LogP contribution in [-0.4, -0.2) is 219 Å². The van der Waals surface area contributed by atoms with Crippen LogP contribution >= 0.6 is 11.3 Å². The number of rotatable bonds is 51. The van der Waals surface area contributed by atoms with Gasteiger partial charge in [-0.3, -0.25) is 57.7 Å². The van der Waals surface area contributed by atoms with Gasteiger partial charge in [0, 0.05) is 62.8 Å². The number of esters is 1. The lowest BCUT2D eigenvalue weighted by atomic mass is 9.84. The molecule has 572 valence electrons. The van der Waals surface area contributed by atoms with Crippen molar-refractivity contribution in [1.82, 2.24) is 46.8 Å². The number of amides is 9. The highest BCUT2D eigenvalue weighted by atomic mass is 32.1. The molecule has 31 nitrogen and oxygen atoms in total. The summed E-state index contributed by atoms with van der Waals surface area (Å²) >= 11 is 1.04. The van der Waals surface area contributed by atoms with Crippen LogP contribution in [0.4, 0.5) is 10.5 Å². The third-order valence-corrected chi connectivity index (χ3v) is 17.9. The minimum absolute atomic E-state index is 0.0287. The third-order valence-electron chi connectivity index (χ3n) is 17.0. The van der Waals surface area contributed by atoms with E-state index in [2.05, 4.69) is 48.1 Å². The highest BCUT2D eigenvalue weighted by Gasteiger charge is 2.41. The summed E-state index contributed by atoms with van der Waals surface area (Å²) in [5.41, 5.74) is 10.1. The number of unbranched alkanes of at least 4 members (excludes halogenated alkanes) is 1. The Kier molecular flexibility index (Phi) is 41.0. The maximum absolute atomic E-state index is 15.0. The van der Waals surface area contributed by atoms with E-state index in [1.165, 1.54) is 31.2 Å². The molecule has 0 radical (unpaired) electrons. The van der Waals surface area contributed by atoms with Crippen molar-refractivity contribution in [1.29, 1.82) is 0 Å². The molecule has 9 atom stereocenters. The molecule has 1 aromatic heterocycles. The molecule has 1 aromatic carbocycles. The monoisotopic (exact) mass is 1460 g/mol. The smallest absolute Gasteiger partial charge is 0.312 e. The number of benzene rings is 1. The minimum Gasteiger partial charge on any atom is -0.481 e. The van der Waals surface area contributed by atoms with Gasteiger partial charge in [-0.2, -0.15) is 0 Å². The van der Waals surface area contributed by atoms with Gasteiger partial charge in [0.05, 0.1) is 77.0 Å². The van der Waals surface area contributed by atoms with E-state index in [-0.39, 0.29) is 112 Å². The molecule has 1 fully saturated rings. The molecular formula is C70H112N12O19S. The number of anilines is 1. The molecule has 32 heteroatoms. The number of nitrogens with zero attached hydrogens (tertiary/aromatic N) is 3. The highest BCUT2D eigenvalue weighted by molar-refractivity contribution is 7.09. The lowest BCUT2D eigenvalue weighted by Crippen LogP contribution is -2.58. The normalized spacial score (nSPS) is 15.6. The first-order chi connectivity index (χ1) is 48.4. The zero-order valence-electron chi connectivity index (χ0n) is 60.9. The van der Waals surface area contributed by atoms with Crippen molar-refractivity contribution in [3.63, 3.8) is 0 Å². The number of thiazole rings is 1. The van der Waals surface area contributed by atoms with Crippen molar-refractivity contribution in [3.05, 3.63) is 45.9 Å². The maximum atomic E-state index is 15.0. The van der Waals surface area contributed by atoms with Crippen LogP contribution in [0.5, 0.6) is 0 Å². The van der Waals surface area contributed by atoms with E-state index in [9.17, 15) is 63.0 Å². The second-order valence-electron chi connectivity index (χ2n) is 26.6. The number of nitrogens with one attached hydrogen (secondary N) is 7. The number of likely N-dealkylation sites (tertiary alicyclic amines) is 1. The number of carbonyl (C=O) groups excluding carboxylic acids is 9. The van der Waals surface area contributed by atoms with Crippen molar-refractivity contribution in [2.45, 2.75) is 201 Å². The van der Waals surface area contributed by atoms with Crippen LogP contribution in [0.2, 0.25) is 0 Å². The van der Waals surface area contributed by atoms with Crippen LogP contribution in [0.1, 0.15) is 173 Å². The predicted molar refractivity (Wildman–Crippen MR) is 380 cm³/mol. The van der Waals surface area contributed by atoms with Gasteiger partial charge in [-0.25, -0.2) is 14.8 Å². The zero-order chi connectivity index (χ0) is 75.9. The number of aromatic nitrogens is 1. The molecule has 1 aliphatic rings. The number of primary amides is 1. The van der Waals surface area contributed by atoms with E-state index in [1.807, 2.05) is 39.6 Å². The number of carboxylic acid groups (broad SMARTS) is 2. The van der Waals surface area contributed by atoms with Crippen LogP contribution in [0.25, 0.3) is 0 Å². The Balaban J connectivity index is 1.83. The number of hydroxylamine groups is 2. The minimum atomic E-state index is -1.38. The van der Waals surface area contributed by atoms with Crippen molar-refractivity contribution in [2.24, 2.45) is 34.6 Å². The third kappa shape index (κ3) is 33.0. The lowest BCUT2D eigenvalue weighted by molar-refractivity contribution is -0.213. The van der Waals surface area contributed by atoms with Gasteiger partial charge in [-0.15, -0.1) is 23.7 Å². The number of nitrogens with two attached hydrogens (primary N) is 2. The van der Waals surface area contributed by atoms with Gasteiger partial charge in [0.25, 0.3) is 11.8 Å². The molecule has 0 bridgehead atoms. The van der Waals surface area contributed by atoms with Crippen LogP contribution in [0.3, 0.4) is 0 Å². The summed E-state index contributed by atoms with van der Waals surface area (Å²) in [6.45, 7) is 18.6. The maximum Gasteiger partial charge on any atom is 0.312 e. The summed E-state index contributed by atoms with van der Waals surface area (Å²) in [5, 5.41) is 41.8. The van der Waals surface area contributed by atoms with Gasteiger partial charge in [0.15, 0.2) is 6.10 Å². The van der Waals surface area contributed by atoms with Crippen molar-refractivity contribution in [3.8, 4) is 12.3 Å². The number of piperidine rings is 1. The fourth-order valence-corrected chi connectivity index (χ4v) is 11.8. The fraction of sp³-hybridized carbons (Fsp3) is 0.686. The van der Waals surface area contributed by atoms with Gasteiger partial charge in [-0.05, 0) is 114 Å². The second-order valence-corrected chi connectivity index (χ2v) is 27.5. The van der Waals surface area contributed by atoms with Crippen molar-refractivity contribution < 1.29 is 91.5 Å². The highest BCUT2D eigenvalue weighted by Crippen LogP contribution is 2.33. The van der Waals surface area contributed by atoms with Gasteiger partial charge in [0.1, 0.15) is 34.9 Å². The number of carboxylic acids is 2. The Morgan fingerprint density at radius 2 is 1.41 bits per heavy atom. The Labute approximate surface area is 603 Å². The summed E-state index contributed by atoms with van der Waals surface area (Å²) < 4.78 is 27.5. The Morgan fingerprint density at radius 1 is 0.775 bits per heavy atom. The molecule has 0 saturated carbocycles. The number of hydrogen-bond donors (Lipinski definition) is 11. The summed E-state index contributed by atoms with van der Waals surface area (Å²) in [6, 6.07) is -1.32. The predicted octanol–water partition coefficient (Wildman–Crippen LogP) is 3.97. The first kappa shape index (κ1) is 88.3. The molecule has 2 heterocycles. The number of terminal acetylenes is 1. The molecule has 13 N–H and O–H groups in total. The zero-order valence-corrected chi connectivity index (χ0v) is 61.8. The Hall–Kier alpha value is -7.90. The number of urea groups is 1. The summed E-state index contributed by atoms with van der Waals surface area (Å²) in [5.74, 6) is -6.06. The summed E-state index contributed by atoms with van der Waals surface area (Å²) in [4.78, 5) is 160. The molecule has 9 amide bonds. The molecule has 1 saturated heterocycles. The number of aliphatic carboxylic acids is 2. The van der Waals surface area contributed by atoms with E-state index >= 15 is 0 Å².